The van der Waals surface area contributed by atoms with E-state index in [1.807, 2.05) is 6.07 Å². The largest absolute Gasteiger partial charge is 0.355 e. The summed E-state index contributed by atoms with van der Waals surface area (Å²) in [6.07, 6.45) is 0.640. The number of nitrogens with zero attached hydrogens (tertiary/aromatic N) is 2. The van der Waals surface area contributed by atoms with Crippen LogP contribution in [0.2, 0.25) is 0 Å². The zero-order valence-electron chi connectivity index (χ0n) is 16.5. The molecule has 3 rings (SSSR count). The van der Waals surface area contributed by atoms with Crippen LogP contribution < -0.4 is 10.5 Å². The fraction of sp³-hybridized carbons (Fsp3) is 0.381. The molecule has 1 aliphatic rings. The molecule has 1 aliphatic heterocycles. The summed E-state index contributed by atoms with van der Waals surface area (Å²) < 4.78 is 22.5. The average Bonchev–Trinajstić information content (AvgIpc) is 2.70. The lowest BCUT2D eigenvalue weighted by Crippen LogP contribution is -2.49. The minimum Gasteiger partial charge on any atom is -0.355 e. The smallest absolute Gasteiger partial charge is 0.238 e. The first kappa shape index (κ1) is 21.4. The molecular formula is C21H28N4O3S. The van der Waals surface area contributed by atoms with Gasteiger partial charge in [0.25, 0.3) is 0 Å². The molecule has 0 unspecified atom stereocenters. The fourth-order valence-corrected chi connectivity index (χ4v) is 3.91. The highest BCUT2D eigenvalue weighted by Gasteiger charge is 2.18. The number of rotatable bonds is 8. The van der Waals surface area contributed by atoms with E-state index < -0.39 is 10.0 Å². The Morgan fingerprint density at radius 2 is 1.52 bits per heavy atom. The molecule has 0 aromatic heterocycles. The molecule has 1 heterocycles. The normalized spacial score (nSPS) is 15.9. The third kappa shape index (κ3) is 6.93. The second-order valence-electron chi connectivity index (χ2n) is 7.33. The van der Waals surface area contributed by atoms with Gasteiger partial charge < -0.3 is 5.32 Å². The molecule has 0 aliphatic carbocycles. The van der Waals surface area contributed by atoms with Crippen LogP contribution in [0, 0.1) is 0 Å². The van der Waals surface area contributed by atoms with Crippen LogP contribution in [-0.2, 0) is 27.8 Å². The molecular weight excluding hydrogens is 388 g/mol. The Morgan fingerprint density at radius 3 is 2.14 bits per heavy atom. The van der Waals surface area contributed by atoms with Crippen molar-refractivity contribution in [2.24, 2.45) is 5.14 Å². The second kappa shape index (κ2) is 9.98. The minimum atomic E-state index is -3.67. The van der Waals surface area contributed by atoms with Crippen molar-refractivity contribution in [1.82, 2.24) is 15.1 Å². The summed E-state index contributed by atoms with van der Waals surface area (Å²) >= 11 is 0. The summed E-state index contributed by atoms with van der Waals surface area (Å²) in [7, 11) is -3.67. The van der Waals surface area contributed by atoms with Gasteiger partial charge in [-0.3, -0.25) is 14.6 Å². The number of carbonyl (C=O) groups excluding carboxylic acids is 1. The van der Waals surface area contributed by atoms with Crippen molar-refractivity contribution >= 4 is 15.9 Å². The maximum absolute atomic E-state index is 12.2. The molecule has 8 heteroatoms. The first-order valence-electron chi connectivity index (χ1n) is 9.77. The fourth-order valence-electron chi connectivity index (χ4n) is 3.40. The number of nitrogens with two attached hydrogens (primary N) is 1. The SMILES string of the molecule is NS(=O)(=O)c1ccc(CCNC(=O)CN2CCN(Cc3ccccc3)CC2)cc1. The van der Waals surface area contributed by atoms with E-state index in [2.05, 4.69) is 39.4 Å². The average molecular weight is 417 g/mol. The number of primary sulfonamides is 1. The van der Waals surface area contributed by atoms with E-state index in [1.54, 1.807) is 12.1 Å². The highest BCUT2D eigenvalue weighted by Crippen LogP contribution is 2.10. The molecule has 0 atom stereocenters. The van der Waals surface area contributed by atoms with Crippen LogP contribution in [0.4, 0.5) is 0 Å². The zero-order chi connectivity index (χ0) is 20.7. The van der Waals surface area contributed by atoms with Gasteiger partial charge in [-0.15, -0.1) is 0 Å². The standard InChI is InChI=1S/C21H28N4O3S/c22-29(27,28)20-8-6-18(7-9-20)10-11-23-21(26)17-25-14-12-24(13-15-25)16-19-4-2-1-3-5-19/h1-9H,10-17H2,(H,23,26)(H2,22,27,28). The molecule has 1 amide bonds. The Hall–Kier alpha value is -2.26. The molecule has 7 nitrogen and oxygen atoms in total. The minimum absolute atomic E-state index is 0.0164. The maximum atomic E-state index is 12.2. The predicted octanol–water partition coefficient (Wildman–Crippen LogP) is 0.811. The Bertz CT molecular complexity index is 893. The number of nitrogens with one attached hydrogen (secondary N) is 1. The molecule has 2 aromatic rings. The molecule has 156 valence electrons. The van der Waals surface area contributed by atoms with Gasteiger partial charge in [0, 0.05) is 39.3 Å². The second-order valence-corrected chi connectivity index (χ2v) is 8.89. The Kier molecular flexibility index (Phi) is 7.38. The van der Waals surface area contributed by atoms with E-state index in [-0.39, 0.29) is 10.8 Å². The first-order chi connectivity index (χ1) is 13.9. The highest BCUT2D eigenvalue weighted by atomic mass is 32.2. The lowest BCUT2D eigenvalue weighted by atomic mass is 10.1. The van der Waals surface area contributed by atoms with Crippen molar-refractivity contribution in [2.75, 3.05) is 39.3 Å². The van der Waals surface area contributed by atoms with Gasteiger partial charge in [-0.25, -0.2) is 13.6 Å². The summed E-state index contributed by atoms with van der Waals surface area (Å²) in [6.45, 7) is 5.55. The van der Waals surface area contributed by atoms with Crippen molar-refractivity contribution in [2.45, 2.75) is 17.9 Å². The van der Waals surface area contributed by atoms with Crippen molar-refractivity contribution in [1.29, 1.82) is 0 Å². The third-order valence-electron chi connectivity index (χ3n) is 5.07. The number of benzene rings is 2. The number of hydrogen-bond donors (Lipinski definition) is 2. The van der Waals surface area contributed by atoms with E-state index in [1.165, 1.54) is 17.7 Å². The van der Waals surface area contributed by atoms with Crippen LogP contribution in [0.15, 0.2) is 59.5 Å². The summed E-state index contributed by atoms with van der Waals surface area (Å²) in [5, 5.41) is 8.03. The molecule has 1 saturated heterocycles. The van der Waals surface area contributed by atoms with Crippen LogP contribution in [0.3, 0.4) is 0 Å². The predicted molar refractivity (Wildman–Crippen MR) is 113 cm³/mol. The van der Waals surface area contributed by atoms with E-state index in [0.717, 1.165) is 38.3 Å². The lowest BCUT2D eigenvalue weighted by Gasteiger charge is -2.34. The van der Waals surface area contributed by atoms with E-state index in [0.29, 0.717) is 19.5 Å². The molecule has 0 spiro atoms. The molecule has 29 heavy (non-hydrogen) atoms. The van der Waals surface area contributed by atoms with Gasteiger partial charge in [-0.1, -0.05) is 42.5 Å². The quantitative estimate of drug-likeness (QED) is 0.664. The van der Waals surface area contributed by atoms with Crippen LogP contribution in [0.1, 0.15) is 11.1 Å². The van der Waals surface area contributed by atoms with Crippen molar-refractivity contribution in [3.8, 4) is 0 Å². The number of sulfonamides is 1. The van der Waals surface area contributed by atoms with E-state index >= 15 is 0 Å². The first-order valence-corrected chi connectivity index (χ1v) is 11.3. The van der Waals surface area contributed by atoms with Gasteiger partial charge in [0.15, 0.2) is 0 Å². The van der Waals surface area contributed by atoms with Gasteiger partial charge in [-0.05, 0) is 29.7 Å². The van der Waals surface area contributed by atoms with Crippen molar-refractivity contribution in [3.63, 3.8) is 0 Å². The summed E-state index contributed by atoms with van der Waals surface area (Å²) in [5.41, 5.74) is 2.27. The van der Waals surface area contributed by atoms with Gasteiger partial charge in [0.05, 0.1) is 11.4 Å². The zero-order valence-corrected chi connectivity index (χ0v) is 17.3. The van der Waals surface area contributed by atoms with E-state index in [9.17, 15) is 13.2 Å². The summed E-state index contributed by atoms with van der Waals surface area (Å²) in [4.78, 5) is 16.9. The molecule has 1 fully saturated rings. The van der Waals surface area contributed by atoms with Gasteiger partial charge in [0.1, 0.15) is 0 Å². The topological polar surface area (TPSA) is 95.7 Å². The highest BCUT2D eigenvalue weighted by molar-refractivity contribution is 7.89. The molecule has 0 bridgehead atoms. The maximum Gasteiger partial charge on any atom is 0.238 e. The summed E-state index contributed by atoms with van der Waals surface area (Å²) in [5.74, 6) is 0.0164. The van der Waals surface area contributed by atoms with Crippen LogP contribution in [-0.4, -0.2) is 63.4 Å². The van der Waals surface area contributed by atoms with Crippen molar-refractivity contribution < 1.29 is 13.2 Å². The monoisotopic (exact) mass is 416 g/mol. The Labute approximate surface area is 172 Å². The van der Waals surface area contributed by atoms with E-state index in [4.69, 9.17) is 5.14 Å². The van der Waals surface area contributed by atoms with Gasteiger partial charge in [-0.2, -0.15) is 0 Å². The number of amides is 1. The van der Waals surface area contributed by atoms with Crippen LogP contribution >= 0.6 is 0 Å². The molecule has 2 aromatic carbocycles. The number of carbonyl (C=O) groups is 1. The van der Waals surface area contributed by atoms with Crippen molar-refractivity contribution in [3.05, 3.63) is 65.7 Å². The number of piperazine rings is 1. The molecule has 0 saturated carbocycles. The Balaban J connectivity index is 1.34. The van der Waals surface area contributed by atoms with Gasteiger partial charge >= 0.3 is 0 Å². The number of hydrogen-bond acceptors (Lipinski definition) is 5. The summed E-state index contributed by atoms with van der Waals surface area (Å²) in [6, 6.07) is 16.8. The van der Waals surface area contributed by atoms with Crippen LogP contribution in [0.5, 0.6) is 0 Å². The van der Waals surface area contributed by atoms with Gasteiger partial charge in [0.2, 0.25) is 15.9 Å². The Morgan fingerprint density at radius 1 is 0.897 bits per heavy atom. The van der Waals surface area contributed by atoms with Crippen LogP contribution in [0.25, 0.3) is 0 Å². The molecule has 0 radical (unpaired) electrons. The molecule has 3 N–H and O–H groups in total. The third-order valence-corrected chi connectivity index (χ3v) is 6.00. The lowest BCUT2D eigenvalue weighted by molar-refractivity contribution is -0.122.